The lowest BCUT2D eigenvalue weighted by atomic mass is 10.6. The Morgan fingerprint density at radius 3 is 3.00 bits per heavy atom. The van der Waals surface area contributed by atoms with Gasteiger partial charge >= 0.3 is 0 Å². The van der Waals surface area contributed by atoms with Crippen LogP contribution in [0.2, 0.25) is 0 Å². The van der Waals surface area contributed by atoms with Crippen LogP contribution < -0.4 is 5.14 Å². The smallest absolute Gasteiger partial charge is 0.209 e. The van der Waals surface area contributed by atoms with Crippen molar-refractivity contribution < 1.29 is 8.42 Å². The largest absolute Gasteiger partial charge is 0.229 e. The summed E-state index contributed by atoms with van der Waals surface area (Å²) in [6.07, 6.45) is 0. The van der Waals surface area contributed by atoms with E-state index in [4.69, 9.17) is 5.14 Å². The SMILES string of the molecule is NS(=O)(=O)CCSc1ccc2nnnn2n1. The quantitative estimate of drug-likeness (QED) is 0.693. The van der Waals surface area contributed by atoms with Crippen molar-refractivity contribution in [3.05, 3.63) is 12.1 Å². The Balaban J connectivity index is 2.04. The van der Waals surface area contributed by atoms with E-state index in [0.717, 1.165) is 0 Å². The van der Waals surface area contributed by atoms with E-state index in [1.165, 1.54) is 16.4 Å². The fraction of sp³-hybridized carbons (Fsp3) is 0.333. The van der Waals surface area contributed by atoms with E-state index in [1.54, 1.807) is 12.1 Å². The number of sulfonamides is 1. The molecule has 0 bridgehead atoms. The van der Waals surface area contributed by atoms with Gasteiger partial charge in [-0.3, -0.25) is 0 Å². The van der Waals surface area contributed by atoms with E-state index in [2.05, 4.69) is 20.6 Å². The van der Waals surface area contributed by atoms with Crippen LogP contribution in [0, 0.1) is 0 Å². The van der Waals surface area contributed by atoms with Gasteiger partial charge in [0.05, 0.1) is 5.75 Å². The van der Waals surface area contributed by atoms with Gasteiger partial charge < -0.3 is 0 Å². The van der Waals surface area contributed by atoms with E-state index in [-0.39, 0.29) is 5.75 Å². The fourth-order valence-corrected chi connectivity index (χ4v) is 2.74. The monoisotopic (exact) mass is 260 g/mol. The summed E-state index contributed by atoms with van der Waals surface area (Å²) in [5, 5.41) is 20.3. The molecule has 0 radical (unpaired) electrons. The Labute approximate surface area is 95.3 Å². The molecule has 0 saturated carbocycles. The summed E-state index contributed by atoms with van der Waals surface area (Å²) >= 11 is 1.28. The van der Waals surface area contributed by atoms with Crippen molar-refractivity contribution in [3.63, 3.8) is 0 Å². The third-order valence-electron chi connectivity index (χ3n) is 1.66. The summed E-state index contributed by atoms with van der Waals surface area (Å²) in [4.78, 5) is 0. The minimum Gasteiger partial charge on any atom is -0.229 e. The summed E-state index contributed by atoms with van der Waals surface area (Å²) < 4.78 is 22.7. The van der Waals surface area contributed by atoms with E-state index < -0.39 is 10.0 Å². The second-order valence-electron chi connectivity index (χ2n) is 2.91. The topological polar surface area (TPSA) is 116 Å². The maximum atomic E-state index is 10.7. The van der Waals surface area contributed by atoms with Crippen LogP contribution in [0.15, 0.2) is 17.2 Å². The molecule has 0 fully saturated rings. The second-order valence-corrected chi connectivity index (χ2v) is 5.76. The van der Waals surface area contributed by atoms with Crippen LogP contribution in [-0.2, 0) is 10.0 Å². The van der Waals surface area contributed by atoms with E-state index >= 15 is 0 Å². The number of nitrogens with zero attached hydrogens (tertiary/aromatic N) is 5. The molecule has 2 aromatic heterocycles. The Morgan fingerprint density at radius 1 is 1.44 bits per heavy atom. The first kappa shape index (κ1) is 11.2. The van der Waals surface area contributed by atoms with E-state index in [9.17, 15) is 8.42 Å². The van der Waals surface area contributed by atoms with Gasteiger partial charge in [0.1, 0.15) is 5.03 Å². The maximum Gasteiger partial charge on any atom is 0.209 e. The molecule has 0 aliphatic heterocycles. The molecule has 10 heteroatoms. The van der Waals surface area contributed by atoms with Gasteiger partial charge in [-0.05, 0) is 22.6 Å². The van der Waals surface area contributed by atoms with Crippen LogP contribution in [0.1, 0.15) is 0 Å². The van der Waals surface area contributed by atoms with E-state index in [1.807, 2.05) is 0 Å². The lowest BCUT2D eigenvalue weighted by molar-refractivity contribution is 0.599. The van der Waals surface area contributed by atoms with Gasteiger partial charge in [-0.1, -0.05) is 0 Å². The van der Waals surface area contributed by atoms with Gasteiger partial charge in [0.2, 0.25) is 10.0 Å². The lowest BCUT2D eigenvalue weighted by Gasteiger charge is -1.99. The van der Waals surface area contributed by atoms with E-state index in [0.29, 0.717) is 16.4 Å². The summed E-state index contributed by atoms with van der Waals surface area (Å²) in [5.74, 6) is 0.256. The van der Waals surface area contributed by atoms with Gasteiger partial charge in [-0.2, -0.15) is 0 Å². The first-order valence-corrected chi connectivity index (χ1v) is 6.93. The van der Waals surface area contributed by atoms with Gasteiger partial charge in [0.25, 0.3) is 0 Å². The molecule has 0 unspecified atom stereocenters. The minimum absolute atomic E-state index is 0.0903. The maximum absolute atomic E-state index is 10.7. The Morgan fingerprint density at radius 2 is 2.25 bits per heavy atom. The number of thioether (sulfide) groups is 1. The standard InChI is InChI=1S/C6H8N6O2S2/c7-16(13,14)4-3-15-6-2-1-5-8-10-11-12(5)9-6/h1-2H,3-4H2,(H2,7,13,14). The molecule has 0 amide bonds. The number of hydrogen-bond acceptors (Lipinski definition) is 7. The molecule has 2 heterocycles. The predicted molar refractivity (Wildman–Crippen MR) is 57.3 cm³/mol. The first-order chi connectivity index (χ1) is 7.54. The molecule has 0 spiro atoms. The normalized spacial score (nSPS) is 12.1. The molecule has 8 nitrogen and oxygen atoms in total. The average molecular weight is 260 g/mol. The highest BCUT2D eigenvalue weighted by atomic mass is 32.2. The number of fused-ring (bicyclic) bond motifs is 1. The van der Waals surface area contributed by atoms with Gasteiger partial charge in [0.15, 0.2) is 5.65 Å². The van der Waals surface area contributed by atoms with Crippen molar-refractivity contribution in [1.82, 2.24) is 25.3 Å². The average Bonchev–Trinajstić information content (AvgIpc) is 2.62. The van der Waals surface area contributed by atoms with Crippen molar-refractivity contribution in [2.45, 2.75) is 5.03 Å². The van der Waals surface area contributed by atoms with Crippen LogP contribution in [-0.4, -0.2) is 45.2 Å². The highest BCUT2D eigenvalue weighted by Gasteiger charge is 2.05. The molecule has 0 saturated heterocycles. The van der Waals surface area contributed by atoms with Crippen molar-refractivity contribution >= 4 is 27.4 Å². The van der Waals surface area contributed by atoms with Crippen LogP contribution in [0.4, 0.5) is 0 Å². The first-order valence-electron chi connectivity index (χ1n) is 4.23. The molecule has 2 rings (SSSR count). The van der Waals surface area contributed by atoms with Crippen molar-refractivity contribution in [2.24, 2.45) is 5.14 Å². The molecule has 0 atom stereocenters. The molecule has 0 aromatic carbocycles. The molecular weight excluding hydrogens is 252 g/mol. The Bertz CT molecular complexity index is 594. The highest BCUT2D eigenvalue weighted by Crippen LogP contribution is 2.14. The predicted octanol–water partition coefficient (Wildman–Crippen LogP) is -1.10. The Kier molecular flexibility index (Phi) is 3.03. The van der Waals surface area contributed by atoms with Gasteiger partial charge in [-0.25, -0.2) is 13.6 Å². The van der Waals surface area contributed by atoms with Gasteiger partial charge in [0, 0.05) is 5.75 Å². The number of aromatic nitrogens is 5. The van der Waals surface area contributed by atoms with Crippen molar-refractivity contribution in [2.75, 3.05) is 11.5 Å². The molecule has 2 N–H and O–H groups in total. The second kappa shape index (κ2) is 4.31. The minimum atomic E-state index is -3.42. The van der Waals surface area contributed by atoms with Gasteiger partial charge in [-0.15, -0.1) is 26.6 Å². The van der Waals surface area contributed by atoms with Crippen LogP contribution in [0.3, 0.4) is 0 Å². The van der Waals surface area contributed by atoms with Crippen LogP contribution in [0.5, 0.6) is 0 Å². The number of rotatable bonds is 4. The molecule has 0 aliphatic rings. The lowest BCUT2D eigenvalue weighted by Crippen LogP contribution is -2.17. The summed E-state index contributed by atoms with van der Waals surface area (Å²) in [5.41, 5.74) is 0.538. The van der Waals surface area contributed by atoms with Crippen LogP contribution >= 0.6 is 11.8 Å². The third-order valence-corrected chi connectivity index (χ3v) is 3.62. The third kappa shape index (κ3) is 2.87. The fourth-order valence-electron chi connectivity index (χ4n) is 0.973. The number of primary sulfonamides is 1. The molecular formula is C6H8N6O2S2. The molecule has 16 heavy (non-hydrogen) atoms. The van der Waals surface area contributed by atoms with Crippen molar-refractivity contribution in [3.8, 4) is 0 Å². The zero-order chi connectivity index (χ0) is 11.6. The number of tetrazole rings is 1. The van der Waals surface area contributed by atoms with Crippen LogP contribution in [0.25, 0.3) is 5.65 Å². The summed E-state index contributed by atoms with van der Waals surface area (Å²) in [6, 6.07) is 3.42. The number of nitrogens with two attached hydrogens (primary N) is 1. The number of hydrogen-bond donors (Lipinski definition) is 1. The zero-order valence-electron chi connectivity index (χ0n) is 8.02. The zero-order valence-corrected chi connectivity index (χ0v) is 9.65. The molecule has 2 aromatic rings. The summed E-state index contributed by atoms with van der Waals surface area (Å²) in [7, 11) is -3.42. The highest BCUT2D eigenvalue weighted by molar-refractivity contribution is 8.00. The molecule has 86 valence electrons. The Hall–Kier alpha value is -1.26. The molecule has 0 aliphatic carbocycles. The van der Waals surface area contributed by atoms with Crippen molar-refractivity contribution in [1.29, 1.82) is 0 Å². The summed E-state index contributed by atoms with van der Waals surface area (Å²) in [6.45, 7) is 0.